The van der Waals surface area contributed by atoms with E-state index in [1.54, 1.807) is 0 Å². The van der Waals surface area contributed by atoms with Crippen molar-refractivity contribution in [3.8, 4) is 0 Å². The minimum Gasteiger partial charge on any atom is -0.348 e. The molecule has 2 aliphatic rings. The van der Waals surface area contributed by atoms with E-state index in [9.17, 15) is 4.79 Å². The smallest absolute Gasteiger partial charge is 0.275 e. The molecule has 1 aliphatic heterocycles. The molecule has 1 aromatic heterocycles. The Morgan fingerprint density at radius 2 is 1.79 bits per heavy atom. The van der Waals surface area contributed by atoms with Gasteiger partial charge in [-0.3, -0.25) is 4.79 Å². The Morgan fingerprint density at radius 3 is 2.45 bits per heavy atom. The highest BCUT2D eigenvalue weighted by molar-refractivity contribution is 6.30. The van der Waals surface area contributed by atoms with Gasteiger partial charge in [-0.05, 0) is 32.3 Å². The number of nitrogens with one attached hydrogen (secondary N) is 3. The maximum Gasteiger partial charge on any atom is 0.275 e. The van der Waals surface area contributed by atoms with Gasteiger partial charge in [0.25, 0.3) is 5.91 Å². The molecule has 4 rings (SSSR count). The number of hydrogen-bond acceptors (Lipinski definition) is 2. The predicted molar refractivity (Wildman–Crippen MR) is 113 cm³/mol. The van der Waals surface area contributed by atoms with Gasteiger partial charge >= 0.3 is 0 Å². The highest BCUT2D eigenvalue weighted by Crippen LogP contribution is 2.20. The number of hydrogen-bond donors (Lipinski definition) is 3. The van der Waals surface area contributed by atoms with Crippen LogP contribution in [0, 0.1) is 13.8 Å². The third kappa shape index (κ3) is 5.38. The molecule has 1 aliphatic carbocycles. The number of nitrogens with zero attached hydrogens (tertiary/aromatic N) is 2. The van der Waals surface area contributed by atoms with Gasteiger partial charge in [-0.1, -0.05) is 41.4 Å². The first-order valence-electron chi connectivity index (χ1n) is 10.7. The van der Waals surface area contributed by atoms with E-state index in [0.717, 1.165) is 62.0 Å². The average molecular weight is 418 g/mol. The van der Waals surface area contributed by atoms with Gasteiger partial charge in [-0.15, -0.1) is 0 Å². The summed E-state index contributed by atoms with van der Waals surface area (Å²) >= 11 is 6.71. The van der Waals surface area contributed by atoms with Gasteiger partial charge < -0.3 is 15.1 Å². The molecule has 6 nitrogen and oxygen atoms in total. The molecule has 2 aromatic rings. The van der Waals surface area contributed by atoms with E-state index >= 15 is 0 Å². The monoisotopic (exact) mass is 417 g/mol. The fraction of sp³-hybridized carbons (Fsp3) is 0.545. The van der Waals surface area contributed by atoms with Crippen LogP contribution in [0.2, 0.25) is 5.15 Å². The third-order valence-electron chi connectivity index (χ3n) is 6.08. The lowest BCUT2D eigenvalue weighted by atomic mass is 10.1. The molecule has 7 heteroatoms. The first-order chi connectivity index (χ1) is 14.0. The Balaban J connectivity index is 1.31. The maximum atomic E-state index is 12.0. The summed E-state index contributed by atoms with van der Waals surface area (Å²) in [5, 5.41) is 8.55. The van der Waals surface area contributed by atoms with Crippen molar-refractivity contribution in [3.05, 3.63) is 51.8 Å². The molecular weight excluding hydrogens is 386 g/mol. The number of piperazine rings is 1. The Hall–Kier alpha value is -1.89. The Morgan fingerprint density at radius 1 is 1.14 bits per heavy atom. The Bertz CT molecular complexity index is 851. The first-order valence-corrected chi connectivity index (χ1v) is 11.1. The number of carbonyl (C=O) groups excluding carboxylic acids is 1. The molecule has 1 amide bonds. The number of carbonyl (C=O) groups is 1. The van der Waals surface area contributed by atoms with Gasteiger partial charge in [0.05, 0.1) is 17.8 Å². The SMILES string of the molecule is Cc1ccc(Cn2nc(C)c(C[NH+]3CC[NH+](CC(=O)NC4CC4)CC3)c2Cl)cc1. The molecule has 0 spiro atoms. The molecule has 0 radical (unpaired) electrons. The van der Waals surface area contributed by atoms with Crippen molar-refractivity contribution in [2.45, 2.75) is 45.8 Å². The fourth-order valence-electron chi connectivity index (χ4n) is 4.06. The zero-order valence-corrected chi connectivity index (χ0v) is 18.2. The quantitative estimate of drug-likeness (QED) is 0.582. The zero-order chi connectivity index (χ0) is 20.4. The van der Waals surface area contributed by atoms with Crippen LogP contribution in [0.4, 0.5) is 0 Å². The molecule has 3 N–H and O–H groups in total. The Kier molecular flexibility index (Phi) is 6.23. The predicted octanol–water partition coefficient (Wildman–Crippen LogP) is -0.236. The van der Waals surface area contributed by atoms with Crippen LogP contribution in [0.1, 0.15) is 35.2 Å². The van der Waals surface area contributed by atoms with Crippen molar-refractivity contribution in [3.63, 3.8) is 0 Å². The first kappa shape index (κ1) is 20.4. The summed E-state index contributed by atoms with van der Waals surface area (Å²) in [4.78, 5) is 14.9. The molecule has 156 valence electrons. The van der Waals surface area contributed by atoms with Gasteiger partial charge in [-0.25, -0.2) is 4.68 Å². The highest BCUT2D eigenvalue weighted by Gasteiger charge is 2.29. The molecule has 0 unspecified atom stereocenters. The van der Waals surface area contributed by atoms with E-state index in [-0.39, 0.29) is 5.91 Å². The van der Waals surface area contributed by atoms with Crippen molar-refractivity contribution in [2.24, 2.45) is 0 Å². The summed E-state index contributed by atoms with van der Waals surface area (Å²) in [6.45, 7) is 10.5. The molecule has 1 saturated heterocycles. The highest BCUT2D eigenvalue weighted by atomic mass is 35.5. The second-order valence-corrected chi connectivity index (χ2v) is 9.05. The molecule has 2 fully saturated rings. The van der Waals surface area contributed by atoms with Gasteiger partial charge in [0.15, 0.2) is 6.54 Å². The third-order valence-corrected chi connectivity index (χ3v) is 6.50. The zero-order valence-electron chi connectivity index (χ0n) is 17.4. The minimum absolute atomic E-state index is 0.210. The number of quaternary nitrogens is 2. The van der Waals surface area contributed by atoms with Crippen LogP contribution in [-0.4, -0.2) is 54.5 Å². The van der Waals surface area contributed by atoms with Gasteiger partial charge in [-0.2, -0.15) is 5.10 Å². The molecular formula is C22H32ClN5O+2. The van der Waals surface area contributed by atoms with Crippen LogP contribution in [0.25, 0.3) is 0 Å². The van der Waals surface area contributed by atoms with E-state index in [1.165, 1.54) is 20.9 Å². The van der Waals surface area contributed by atoms with E-state index in [0.29, 0.717) is 19.1 Å². The summed E-state index contributed by atoms with van der Waals surface area (Å²) < 4.78 is 1.92. The van der Waals surface area contributed by atoms with Crippen molar-refractivity contribution < 1.29 is 14.6 Å². The van der Waals surface area contributed by atoms with E-state index in [4.69, 9.17) is 16.7 Å². The van der Waals surface area contributed by atoms with Crippen LogP contribution >= 0.6 is 11.6 Å². The summed E-state index contributed by atoms with van der Waals surface area (Å²) in [7, 11) is 0. The number of amides is 1. The van der Waals surface area contributed by atoms with Crippen LogP contribution < -0.4 is 15.1 Å². The average Bonchev–Trinajstić information content (AvgIpc) is 3.47. The summed E-state index contributed by atoms with van der Waals surface area (Å²) in [5.41, 5.74) is 4.64. The summed E-state index contributed by atoms with van der Waals surface area (Å²) in [6, 6.07) is 8.97. The molecule has 0 atom stereocenters. The van der Waals surface area contributed by atoms with Crippen LogP contribution in [0.15, 0.2) is 24.3 Å². The maximum absolute atomic E-state index is 12.0. The molecule has 0 bridgehead atoms. The largest absolute Gasteiger partial charge is 0.348 e. The second-order valence-electron chi connectivity index (χ2n) is 8.69. The topological polar surface area (TPSA) is 55.8 Å². The summed E-state index contributed by atoms with van der Waals surface area (Å²) in [6.07, 6.45) is 2.30. The van der Waals surface area contributed by atoms with Crippen molar-refractivity contribution in [1.82, 2.24) is 15.1 Å². The number of benzene rings is 1. The van der Waals surface area contributed by atoms with E-state index in [2.05, 4.69) is 43.4 Å². The Labute approximate surface area is 177 Å². The minimum atomic E-state index is 0.210. The lowest BCUT2D eigenvalue weighted by Gasteiger charge is -2.29. The van der Waals surface area contributed by atoms with Gasteiger partial charge in [0.1, 0.15) is 37.9 Å². The van der Waals surface area contributed by atoms with Gasteiger partial charge in [0, 0.05) is 6.04 Å². The lowest BCUT2D eigenvalue weighted by Crippen LogP contribution is -3.28. The number of rotatable bonds is 7. The lowest BCUT2D eigenvalue weighted by molar-refractivity contribution is -1.02. The standard InChI is InChI=1S/C22H30ClN5O/c1-16-3-5-18(6-4-16)13-28-22(23)20(17(2)25-28)14-26-9-11-27(12-10-26)15-21(29)24-19-7-8-19/h3-6,19H,7-15H2,1-2H3,(H,24,29)/p+2. The van der Waals surface area contributed by atoms with Crippen LogP contribution in [0.5, 0.6) is 0 Å². The van der Waals surface area contributed by atoms with Crippen LogP contribution in [0.3, 0.4) is 0 Å². The van der Waals surface area contributed by atoms with Crippen LogP contribution in [-0.2, 0) is 17.9 Å². The van der Waals surface area contributed by atoms with Gasteiger partial charge in [0.2, 0.25) is 0 Å². The normalized spacial score (nSPS) is 21.9. The fourth-order valence-corrected chi connectivity index (χ4v) is 4.36. The number of aryl methyl sites for hydroxylation is 2. The number of aromatic nitrogens is 2. The second kappa shape index (κ2) is 8.86. The summed E-state index contributed by atoms with van der Waals surface area (Å²) in [5.74, 6) is 0.210. The van der Waals surface area contributed by atoms with E-state index in [1.807, 2.05) is 4.68 Å². The molecule has 1 aromatic carbocycles. The molecule has 1 saturated carbocycles. The van der Waals surface area contributed by atoms with Crippen molar-refractivity contribution in [2.75, 3.05) is 32.7 Å². The molecule has 2 heterocycles. The molecule has 29 heavy (non-hydrogen) atoms. The van der Waals surface area contributed by atoms with Crippen molar-refractivity contribution >= 4 is 17.5 Å². The van der Waals surface area contributed by atoms with Crippen molar-refractivity contribution in [1.29, 1.82) is 0 Å². The number of halogens is 1. The van der Waals surface area contributed by atoms with E-state index < -0.39 is 0 Å².